The summed E-state index contributed by atoms with van der Waals surface area (Å²) in [7, 11) is 1.43. The van der Waals surface area contributed by atoms with E-state index in [-0.39, 0.29) is 17.9 Å². The molecule has 0 aliphatic carbocycles. The lowest BCUT2D eigenvalue weighted by molar-refractivity contribution is -0.145. The lowest BCUT2D eigenvalue weighted by atomic mass is 10.00. The topological polar surface area (TPSA) is 38.3 Å². The van der Waals surface area contributed by atoms with Gasteiger partial charge in [0, 0.05) is 12.1 Å². The Morgan fingerprint density at radius 2 is 1.57 bits per heavy atom. The van der Waals surface area contributed by atoms with E-state index in [9.17, 15) is 4.79 Å². The van der Waals surface area contributed by atoms with Gasteiger partial charge in [0.25, 0.3) is 0 Å². The van der Waals surface area contributed by atoms with Crippen molar-refractivity contribution in [2.24, 2.45) is 11.8 Å². The summed E-state index contributed by atoms with van der Waals surface area (Å²) < 4.78 is 4.70. The second kappa shape index (κ2) is 6.02. The average molecular weight is 201 g/mol. The first-order valence-corrected chi connectivity index (χ1v) is 5.24. The third-order valence-corrected chi connectivity index (χ3v) is 2.85. The number of hydrogen-bond acceptors (Lipinski definition) is 3. The van der Waals surface area contributed by atoms with Gasteiger partial charge in [-0.1, -0.05) is 20.8 Å². The molecular formula is C11H23NO2. The van der Waals surface area contributed by atoms with Crippen molar-refractivity contribution in [3.8, 4) is 0 Å². The largest absolute Gasteiger partial charge is 0.469 e. The van der Waals surface area contributed by atoms with Crippen LogP contribution in [0.3, 0.4) is 0 Å². The first-order valence-electron chi connectivity index (χ1n) is 5.24. The van der Waals surface area contributed by atoms with Gasteiger partial charge in [-0.25, -0.2) is 0 Å². The van der Waals surface area contributed by atoms with E-state index in [2.05, 4.69) is 26.1 Å². The summed E-state index contributed by atoms with van der Waals surface area (Å²) >= 11 is 0. The minimum atomic E-state index is -0.152. The van der Waals surface area contributed by atoms with Gasteiger partial charge < -0.3 is 10.1 Å². The van der Waals surface area contributed by atoms with Crippen molar-refractivity contribution in [1.82, 2.24) is 5.32 Å². The van der Waals surface area contributed by atoms with Crippen molar-refractivity contribution in [3.63, 3.8) is 0 Å². The molecule has 3 atom stereocenters. The summed E-state index contributed by atoms with van der Waals surface area (Å²) in [5.74, 6) is 0.324. The quantitative estimate of drug-likeness (QED) is 0.689. The van der Waals surface area contributed by atoms with Crippen molar-refractivity contribution >= 4 is 5.97 Å². The Kier molecular flexibility index (Phi) is 5.77. The summed E-state index contributed by atoms with van der Waals surface area (Å²) in [6.07, 6.45) is 0. The van der Waals surface area contributed by atoms with E-state index in [1.807, 2.05) is 13.8 Å². The number of carbonyl (C=O) groups is 1. The second-order valence-corrected chi connectivity index (χ2v) is 4.30. The van der Waals surface area contributed by atoms with Gasteiger partial charge in [-0.3, -0.25) is 4.79 Å². The van der Waals surface area contributed by atoms with Gasteiger partial charge in [-0.05, 0) is 19.8 Å². The van der Waals surface area contributed by atoms with Crippen LogP contribution in [0.5, 0.6) is 0 Å². The van der Waals surface area contributed by atoms with Crippen molar-refractivity contribution in [3.05, 3.63) is 0 Å². The first kappa shape index (κ1) is 13.4. The number of esters is 1. The Bertz CT molecular complexity index is 180. The molecule has 0 aromatic rings. The highest BCUT2D eigenvalue weighted by molar-refractivity contribution is 5.72. The van der Waals surface area contributed by atoms with E-state index in [1.165, 1.54) is 7.11 Å². The smallest absolute Gasteiger partial charge is 0.309 e. The van der Waals surface area contributed by atoms with E-state index in [1.54, 1.807) is 0 Å². The van der Waals surface area contributed by atoms with Crippen LogP contribution < -0.4 is 5.32 Å². The maximum Gasteiger partial charge on any atom is 0.309 e. The molecule has 0 saturated heterocycles. The first-order chi connectivity index (χ1) is 6.40. The van der Waals surface area contributed by atoms with Crippen molar-refractivity contribution in [1.29, 1.82) is 0 Å². The molecule has 0 saturated carbocycles. The molecule has 0 bridgehead atoms. The Labute approximate surface area is 87.2 Å². The van der Waals surface area contributed by atoms with Crippen LogP contribution in [0.25, 0.3) is 0 Å². The number of rotatable bonds is 5. The number of nitrogens with one attached hydrogen (secondary N) is 1. The molecule has 0 aliphatic rings. The molecular weight excluding hydrogens is 178 g/mol. The predicted octanol–water partition coefficient (Wildman–Crippen LogP) is 1.82. The number of methoxy groups -OCH3 is 1. The van der Waals surface area contributed by atoms with Crippen molar-refractivity contribution in [2.45, 2.75) is 46.7 Å². The molecule has 0 aliphatic heterocycles. The molecule has 3 nitrogen and oxygen atoms in total. The number of ether oxygens (including phenoxy) is 1. The van der Waals surface area contributed by atoms with E-state index in [0.717, 1.165) is 0 Å². The van der Waals surface area contributed by atoms with Gasteiger partial charge in [-0.2, -0.15) is 0 Å². The third kappa shape index (κ3) is 4.09. The minimum absolute atomic E-state index is 0.0961. The Morgan fingerprint density at radius 1 is 1.07 bits per heavy atom. The maximum atomic E-state index is 11.2. The highest BCUT2D eigenvalue weighted by Crippen LogP contribution is 2.08. The summed E-state index contributed by atoms with van der Waals surface area (Å²) in [6, 6.07) is 0.567. The predicted molar refractivity (Wildman–Crippen MR) is 58.1 cm³/mol. The maximum absolute atomic E-state index is 11.2. The van der Waals surface area contributed by atoms with Crippen LogP contribution in [0.2, 0.25) is 0 Å². The van der Waals surface area contributed by atoms with Crippen LogP contribution >= 0.6 is 0 Å². The van der Waals surface area contributed by atoms with Gasteiger partial charge in [-0.15, -0.1) is 0 Å². The fourth-order valence-electron chi connectivity index (χ4n) is 1.14. The lowest BCUT2D eigenvalue weighted by Gasteiger charge is -2.25. The van der Waals surface area contributed by atoms with Gasteiger partial charge in [0.1, 0.15) is 0 Å². The lowest BCUT2D eigenvalue weighted by Crippen LogP contribution is -2.43. The highest BCUT2D eigenvalue weighted by Gasteiger charge is 2.22. The van der Waals surface area contributed by atoms with Gasteiger partial charge in [0.15, 0.2) is 0 Å². The number of hydrogen-bond donors (Lipinski definition) is 1. The fourth-order valence-corrected chi connectivity index (χ4v) is 1.14. The fraction of sp³-hybridized carbons (Fsp3) is 0.909. The van der Waals surface area contributed by atoms with Crippen molar-refractivity contribution < 1.29 is 9.53 Å². The van der Waals surface area contributed by atoms with E-state index >= 15 is 0 Å². The molecule has 0 heterocycles. The summed E-state index contributed by atoms with van der Waals surface area (Å²) in [6.45, 7) is 10.3. The monoisotopic (exact) mass is 201 g/mol. The van der Waals surface area contributed by atoms with Crippen LogP contribution in [0.1, 0.15) is 34.6 Å². The highest BCUT2D eigenvalue weighted by atomic mass is 16.5. The minimum Gasteiger partial charge on any atom is -0.469 e. The number of carbonyl (C=O) groups excluding carboxylic acids is 1. The van der Waals surface area contributed by atoms with Crippen LogP contribution in [0.15, 0.2) is 0 Å². The Morgan fingerprint density at radius 3 is 1.93 bits per heavy atom. The van der Waals surface area contributed by atoms with Crippen LogP contribution in [0.4, 0.5) is 0 Å². The van der Waals surface area contributed by atoms with Crippen LogP contribution in [-0.4, -0.2) is 25.2 Å². The molecule has 1 N–H and O–H groups in total. The molecule has 0 fully saturated rings. The molecule has 3 heteroatoms. The second-order valence-electron chi connectivity index (χ2n) is 4.30. The molecule has 14 heavy (non-hydrogen) atoms. The molecule has 0 amide bonds. The molecule has 0 aromatic carbocycles. The standard InChI is InChI=1S/C11H23NO2/c1-7(2)9(4)12-10(5)8(3)11(13)14-6/h7-10,12H,1-6H3. The van der Waals surface area contributed by atoms with Gasteiger partial charge >= 0.3 is 5.97 Å². The summed E-state index contributed by atoms with van der Waals surface area (Å²) in [4.78, 5) is 11.2. The van der Waals surface area contributed by atoms with E-state index < -0.39 is 0 Å². The van der Waals surface area contributed by atoms with Gasteiger partial charge in [0.2, 0.25) is 0 Å². The zero-order valence-corrected chi connectivity index (χ0v) is 10.1. The third-order valence-electron chi connectivity index (χ3n) is 2.85. The molecule has 0 rings (SSSR count). The molecule has 0 radical (unpaired) electrons. The molecule has 0 spiro atoms. The SMILES string of the molecule is COC(=O)C(C)C(C)NC(C)C(C)C. The molecule has 84 valence electrons. The zero-order valence-electron chi connectivity index (χ0n) is 10.1. The Balaban J connectivity index is 4.07. The van der Waals surface area contributed by atoms with Crippen LogP contribution in [-0.2, 0) is 9.53 Å². The summed E-state index contributed by atoms with van der Waals surface area (Å²) in [5.41, 5.74) is 0. The normalized spacial score (nSPS) is 17.6. The van der Waals surface area contributed by atoms with Gasteiger partial charge in [0.05, 0.1) is 13.0 Å². The summed E-state index contributed by atoms with van der Waals surface area (Å²) in [5, 5.41) is 3.39. The average Bonchev–Trinajstić information content (AvgIpc) is 2.14. The Hall–Kier alpha value is -0.570. The molecule has 0 aromatic heterocycles. The van der Waals surface area contributed by atoms with E-state index in [0.29, 0.717) is 12.0 Å². The van der Waals surface area contributed by atoms with E-state index in [4.69, 9.17) is 4.74 Å². The zero-order chi connectivity index (χ0) is 11.3. The molecule has 3 unspecified atom stereocenters. The van der Waals surface area contributed by atoms with Crippen molar-refractivity contribution in [2.75, 3.05) is 7.11 Å². The van der Waals surface area contributed by atoms with Crippen LogP contribution in [0, 0.1) is 11.8 Å².